The summed E-state index contributed by atoms with van der Waals surface area (Å²) in [7, 11) is 1.68. The number of H-pyrrole nitrogens is 1. The monoisotopic (exact) mass is 199 g/mol. The third-order valence-corrected chi connectivity index (χ3v) is 2.65. The summed E-state index contributed by atoms with van der Waals surface area (Å²) in [5.74, 6) is 0.912. The van der Waals surface area contributed by atoms with Crippen molar-refractivity contribution in [1.29, 1.82) is 0 Å². The number of rotatable bonds is 3. The van der Waals surface area contributed by atoms with Crippen LogP contribution in [-0.4, -0.2) is 21.9 Å². The van der Waals surface area contributed by atoms with Crippen LogP contribution in [0.15, 0.2) is 0 Å². The third kappa shape index (κ3) is 1.53. The van der Waals surface area contributed by atoms with Crippen LogP contribution in [-0.2, 0) is 4.74 Å². The lowest BCUT2D eigenvalue weighted by molar-refractivity contribution is 0.108. The highest BCUT2D eigenvalue weighted by atomic mass is 32.1. The summed E-state index contributed by atoms with van der Waals surface area (Å²) in [4.78, 5) is 0. The van der Waals surface area contributed by atoms with Crippen molar-refractivity contribution in [1.82, 2.24) is 14.8 Å². The number of hydrogen-bond acceptors (Lipinski definition) is 3. The Balaban J connectivity index is 2.39. The van der Waals surface area contributed by atoms with Crippen molar-refractivity contribution in [2.24, 2.45) is 0 Å². The molecule has 1 aromatic rings. The van der Waals surface area contributed by atoms with Crippen molar-refractivity contribution in [3.05, 3.63) is 10.6 Å². The predicted molar refractivity (Wildman–Crippen MR) is 51.1 cm³/mol. The van der Waals surface area contributed by atoms with Gasteiger partial charge in [0.2, 0.25) is 0 Å². The van der Waals surface area contributed by atoms with Gasteiger partial charge < -0.3 is 4.74 Å². The number of aromatic amines is 1. The van der Waals surface area contributed by atoms with Gasteiger partial charge in [-0.2, -0.15) is 5.10 Å². The molecule has 1 atom stereocenters. The minimum absolute atomic E-state index is 0.00792. The fraction of sp³-hybridized carbons (Fsp3) is 0.750. The first-order valence-electron chi connectivity index (χ1n) is 4.43. The van der Waals surface area contributed by atoms with E-state index in [0.717, 1.165) is 5.82 Å². The van der Waals surface area contributed by atoms with Gasteiger partial charge in [0.1, 0.15) is 6.10 Å². The van der Waals surface area contributed by atoms with Crippen molar-refractivity contribution < 1.29 is 4.74 Å². The van der Waals surface area contributed by atoms with Crippen LogP contribution in [0.2, 0.25) is 0 Å². The molecule has 1 unspecified atom stereocenters. The lowest BCUT2D eigenvalue weighted by atomic mass is 10.4. The molecule has 0 radical (unpaired) electrons. The molecule has 5 heteroatoms. The van der Waals surface area contributed by atoms with Crippen molar-refractivity contribution in [2.75, 3.05) is 7.11 Å². The van der Waals surface area contributed by atoms with Gasteiger partial charge in [-0.25, -0.2) is 0 Å². The summed E-state index contributed by atoms with van der Waals surface area (Å²) < 4.78 is 8.00. The third-order valence-electron chi connectivity index (χ3n) is 2.36. The van der Waals surface area contributed by atoms with E-state index in [1.807, 2.05) is 6.92 Å². The fourth-order valence-electron chi connectivity index (χ4n) is 1.39. The number of nitrogens with zero attached hydrogens (tertiary/aromatic N) is 2. The summed E-state index contributed by atoms with van der Waals surface area (Å²) >= 11 is 5.15. The molecule has 1 aromatic heterocycles. The minimum atomic E-state index is 0.00792. The molecule has 1 heterocycles. The van der Waals surface area contributed by atoms with Crippen LogP contribution in [0.4, 0.5) is 0 Å². The number of nitrogens with one attached hydrogen (secondary N) is 1. The lowest BCUT2D eigenvalue weighted by Gasteiger charge is -2.10. The van der Waals surface area contributed by atoms with Gasteiger partial charge in [0.25, 0.3) is 0 Å². The fourth-order valence-corrected chi connectivity index (χ4v) is 1.68. The maximum Gasteiger partial charge on any atom is 0.195 e. The van der Waals surface area contributed by atoms with E-state index in [0.29, 0.717) is 10.8 Å². The second-order valence-electron chi connectivity index (χ2n) is 3.37. The van der Waals surface area contributed by atoms with Crippen LogP contribution >= 0.6 is 12.2 Å². The average molecular weight is 199 g/mol. The van der Waals surface area contributed by atoms with E-state index in [2.05, 4.69) is 14.8 Å². The lowest BCUT2D eigenvalue weighted by Crippen LogP contribution is -2.07. The predicted octanol–water partition coefficient (Wildman–Crippen LogP) is 1.98. The normalized spacial score (nSPS) is 18.9. The molecule has 1 aliphatic carbocycles. The molecule has 72 valence electrons. The first kappa shape index (κ1) is 8.90. The van der Waals surface area contributed by atoms with E-state index in [-0.39, 0.29) is 6.10 Å². The molecule has 0 aliphatic heterocycles. The Bertz CT molecular complexity index is 353. The maximum absolute atomic E-state index is 5.22. The first-order chi connectivity index (χ1) is 6.24. The summed E-state index contributed by atoms with van der Waals surface area (Å²) in [5, 5.41) is 6.98. The molecule has 13 heavy (non-hydrogen) atoms. The van der Waals surface area contributed by atoms with Crippen LogP contribution in [0, 0.1) is 4.77 Å². The van der Waals surface area contributed by atoms with Crippen molar-refractivity contribution in [3.8, 4) is 0 Å². The summed E-state index contributed by atoms with van der Waals surface area (Å²) in [5.41, 5.74) is 0. The molecule has 1 N–H and O–H groups in total. The Kier molecular flexibility index (Phi) is 2.21. The molecule has 0 aromatic carbocycles. The number of hydrogen-bond donors (Lipinski definition) is 1. The van der Waals surface area contributed by atoms with E-state index in [4.69, 9.17) is 17.0 Å². The molecular formula is C8H13N3OS. The zero-order chi connectivity index (χ0) is 9.42. The van der Waals surface area contributed by atoms with E-state index in [1.165, 1.54) is 12.8 Å². The minimum Gasteiger partial charge on any atom is -0.374 e. The highest BCUT2D eigenvalue weighted by Gasteiger charge is 2.28. The van der Waals surface area contributed by atoms with Crippen LogP contribution < -0.4 is 0 Å². The second-order valence-corrected chi connectivity index (χ2v) is 3.75. The Labute approximate surface area is 81.9 Å². The molecule has 4 nitrogen and oxygen atoms in total. The van der Waals surface area contributed by atoms with E-state index in [9.17, 15) is 0 Å². The van der Waals surface area contributed by atoms with E-state index >= 15 is 0 Å². The molecule has 0 amide bonds. The van der Waals surface area contributed by atoms with Gasteiger partial charge in [0.15, 0.2) is 10.6 Å². The highest BCUT2D eigenvalue weighted by molar-refractivity contribution is 7.71. The molecular weight excluding hydrogens is 186 g/mol. The summed E-state index contributed by atoms with van der Waals surface area (Å²) in [6.07, 6.45) is 2.42. The molecule has 0 saturated heterocycles. The molecule has 0 spiro atoms. The average Bonchev–Trinajstić information content (AvgIpc) is 2.89. The number of ether oxygens (including phenoxy) is 1. The summed E-state index contributed by atoms with van der Waals surface area (Å²) in [6, 6.07) is 0.554. The van der Waals surface area contributed by atoms with Gasteiger partial charge in [-0.3, -0.25) is 9.67 Å². The van der Waals surface area contributed by atoms with Gasteiger partial charge in [-0.1, -0.05) is 0 Å². The zero-order valence-electron chi connectivity index (χ0n) is 7.78. The number of aromatic nitrogens is 3. The van der Waals surface area contributed by atoms with Crippen molar-refractivity contribution in [3.63, 3.8) is 0 Å². The van der Waals surface area contributed by atoms with Gasteiger partial charge in [-0.15, -0.1) is 0 Å². The van der Waals surface area contributed by atoms with E-state index < -0.39 is 0 Å². The zero-order valence-corrected chi connectivity index (χ0v) is 8.60. The molecule has 1 fully saturated rings. The second kappa shape index (κ2) is 3.23. The highest BCUT2D eigenvalue weighted by Crippen LogP contribution is 2.37. The Hall–Kier alpha value is -0.680. The Morgan fingerprint density at radius 1 is 1.69 bits per heavy atom. The van der Waals surface area contributed by atoms with Crippen LogP contribution in [0.1, 0.15) is 37.7 Å². The SMILES string of the molecule is COC(C)c1n[nH]c(=S)n1C1CC1. The van der Waals surface area contributed by atoms with Crippen molar-refractivity contribution >= 4 is 12.2 Å². The first-order valence-corrected chi connectivity index (χ1v) is 4.84. The van der Waals surface area contributed by atoms with E-state index in [1.54, 1.807) is 7.11 Å². The van der Waals surface area contributed by atoms with Crippen LogP contribution in [0.5, 0.6) is 0 Å². The van der Waals surface area contributed by atoms with Crippen molar-refractivity contribution in [2.45, 2.75) is 31.9 Å². The van der Waals surface area contributed by atoms with Gasteiger partial charge in [0, 0.05) is 13.2 Å². The molecule has 1 aliphatic rings. The van der Waals surface area contributed by atoms with Gasteiger partial charge >= 0.3 is 0 Å². The van der Waals surface area contributed by atoms with Crippen LogP contribution in [0.3, 0.4) is 0 Å². The summed E-state index contributed by atoms with van der Waals surface area (Å²) in [6.45, 7) is 1.98. The smallest absolute Gasteiger partial charge is 0.195 e. The largest absolute Gasteiger partial charge is 0.374 e. The Morgan fingerprint density at radius 2 is 2.38 bits per heavy atom. The molecule has 0 bridgehead atoms. The number of methoxy groups -OCH3 is 1. The van der Waals surface area contributed by atoms with Gasteiger partial charge in [-0.05, 0) is 32.0 Å². The molecule has 1 saturated carbocycles. The van der Waals surface area contributed by atoms with Crippen LogP contribution in [0.25, 0.3) is 0 Å². The maximum atomic E-state index is 5.22. The standard InChI is InChI=1S/C8H13N3OS/c1-5(12-2)7-9-10-8(13)11(7)6-3-4-6/h5-6H,3-4H2,1-2H3,(H,10,13). The van der Waals surface area contributed by atoms with Gasteiger partial charge in [0.05, 0.1) is 0 Å². The Morgan fingerprint density at radius 3 is 2.92 bits per heavy atom. The quantitative estimate of drug-likeness (QED) is 0.757. The molecule has 2 rings (SSSR count). The topological polar surface area (TPSA) is 42.8 Å².